The van der Waals surface area contributed by atoms with E-state index in [4.69, 9.17) is 17.0 Å². The number of ether oxygens (including phenoxy) is 1. The van der Waals surface area contributed by atoms with Crippen molar-refractivity contribution >= 4 is 23.0 Å². The number of nitrogens with one attached hydrogen (secondary N) is 2. The first-order chi connectivity index (χ1) is 10.7. The molecular formula is C16H22N4OS. The zero-order valence-electron chi connectivity index (χ0n) is 13.0. The van der Waals surface area contributed by atoms with Crippen LogP contribution in [0, 0.1) is 6.92 Å². The molecule has 22 heavy (non-hydrogen) atoms. The van der Waals surface area contributed by atoms with E-state index in [0.29, 0.717) is 11.7 Å². The number of imidazole rings is 1. The van der Waals surface area contributed by atoms with E-state index >= 15 is 0 Å². The van der Waals surface area contributed by atoms with Crippen molar-refractivity contribution in [3.63, 3.8) is 0 Å². The van der Waals surface area contributed by atoms with Gasteiger partial charge in [0.15, 0.2) is 5.11 Å². The molecule has 2 aromatic rings. The predicted molar refractivity (Wildman–Crippen MR) is 93.4 cm³/mol. The van der Waals surface area contributed by atoms with Gasteiger partial charge in [0.25, 0.3) is 0 Å². The van der Waals surface area contributed by atoms with E-state index in [-0.39, 0.29) is 0 Å². The summed E-state index contributed by atoms with van der Waals surface area (Å²) in [4.78, 5) is 4.11. The molecule has 0 fully saturated rings. The molecule has 5 nitrogen and oxygen atoms in total. The molecule has 118 valence electrons. The molecule has 0 saturated carbocycles. The summed E-state index contributed by atoms with van der Waals surface area (Å²) < 4.78 is 7.54. The van der Waals surface area contributed by atoms with E-state index in [9.17, 15) is 0 Å². The van der Waals surface area contributed by atoms with Gasteiger partial charge in [-0.15, -0.1) is 0 Å². The van der Waals surface area contributed by atoms with Crippen molar-refractivity contribution in [1.29, 1.82) is 0 Å². The first kappa shape index (κ1) is 16.3. The van der Waals surface area contributed by atoms with Gasteiger partial charge >= 0.3 is 0 Å². The Morgan fingerprint density at radius 1 is 1.32 bits per heavy atom. The zero-order chi connectivity index (χ0) is 15.8. The average molecular weight is 318 g/mol. The molecule has 0 unspecified atom stereocenters. The first-order valence-corrected chi connectivity index (χ1v) is 7.84. The van der Waals surface area contributed by atoms with E-state index in [1.165, 1.54) is 5.69 Å². The maximum atomic E-state index is 5.41. The van der Waals surface area contributed by atoms with Crippen molar-refractivity contribution in [2.24, 2.45) is 0 Å². The maximum Gasteiger partial charge on any atom is 0.170 e. The minimum atomic E-state index is 0.631. The van der Waals surface area contributed by atoms with Crippen molar-refractivity contribution in [2.45, 2.75) is 26.8 Å². The van der Waals surface area contributed by atoms with Crippen LogP contribution in [0.25, 0.3) is 0 Å². The Kier molecular flexibility index (Phi) is 6.21. The van der Waals surface area contributed by atoms with Crippen molar-refractivity contribution < 1.29 is 4.74 Å². The molecule has 0 radical (unpaired) electrons. The molecule has 0 spiro atoms. The predicted octanol–water partition coefficient (Wildman–Crippen LogP) is 2.97. The number of rotatable bonds is 7. The molecule has 6 heteroatoms. The number of hydrogen-bond acceptors (Lipinski definition) is 3. The molecule has 0 bridgehead atoms. The topological polar surface area (TPSA) is 51.1 Å². The quantitative estimate of drug-likeness (QED) is 0.607. The normalized spacial score (nSPS) is 10.3. The Morgan fingerprint density at radius 2 is 2.09 bits per heavy atom. The SMILES string of the molecule is CCOc1ccc(NC(=S)NCCCn2cncc2C)cc1. The van der Waals surface area contributed by atoms with Gasteiger partial charge in [-0.3, -0.25) is 0 Å². The lowest BCUT2D eigenvalue weighted by atomic mass is 10.3. The van der Waals surface area contributed by atoms with E-state index in [1.54, 1.807) is 0 Å². The highest BCUT2D eigenvalue weighted by molar-refractivity contribution is 7.80. The summed E-state index contributed by atoms with van der Waals surface area (Å²) in [6.07, 6.45) is 4.71. The number of nitrogens with zero attached hydrogens (tertiary/aromatic N) is 2. The van der Waals surface area contributed by atoms with Gasteiger partial charge in [0.1, 0.15) is 5.75 Å². The van der Waals surface area contributed by atoms with Crippen LogP contribution in [0.2, 0.25) is 0 Å². The fourth-order valence-electron chi connectivity index (χ4n) is 2.05. The highest BCUT2D eigenvalue weighted by atomic mass is 32.1. The monoisotopic (exact) mass is 318 g/mol. The van der Waals surface area contributed by atoms with Gasteiger partial charge in [0, 0.05) is 30.7 Å². The summed E-state index contributed by atoms with van der Waals surface area (Å²) in [5, 5.41) is 7.00. The van der Waals surface area contributed by atoms with Crippen molar-refractivity contribution in [2.75, 3.05) is 18.5 Å². The summed E-state index contributed by atoms with van der Waals surface area (Å²) >= 11 is 5.29. The molecule has 0 amide bonds. The maximum absolute atomic E-state index is 5.41. The Balaban J connectivity index is 1.68. The lowest BCUT2D eigenvalue weighted by molar-refractivity contribution is 0.340. The fraction of sp³-hybridized carbons (Fsp3) is 0.375. The molecule has 0 saturated heterocycles. The van der Waals surface area contributed by atoms with Crippen molar-refractivity contribution in [1.82, 2.24) is 14.9 Å². The third-order valence-electron chi connectivity index (χ3n) is 3.20. The fourth-order valence-corrected chi connectivity index (χ4v) is 2.27. The summed E-state index contributed by atoms with van der Waals surface area (Å²) in [7, 11) is 0. The molecule has 1 aromatic heterocycles. The lowest BCUT2D eigenvalue weighted by Crippen LogP contribution is -2.29. The Hall–Kier alpha value is -2.08. The number of aryl methyl sites for hydroxylation is 2. The Morgan fingerprint density at radius 3 is 2.73 bits per heavy atom. The third kappa shape index (κ3) is 5.04. The highest BCUT2D eigenvalue weighted by Crippen LogP contribution is 2.15. The molecular weight excluding hydrogens is 296 g/mol. The number of aromatic nitrogens is 2. The molecule has 0 aliphatic rings. The van der Waals surface area contributed by atoms with Gasteiger partial charge in [-0.2, -0.15) is 0 Å². The Labute approximate surface area is 136 Å². The van der Waals surface area contributed by atoms with Gasteiger partial charge in [0.05, 0.1) is 12.9 Å². The number of thiocarbonyl (C=S) groups is 1. The van der Waals surface area contributed by atoms with Crippen LogP contribution in [0.3, 0.4) is 0 Å². The number of hydrogen-bond donors (Lipinski definition) is 2. The first-order valence-electron chi connectivity index (χ1n) is 7.43. The van der Waals surface area contributed by atoms with Crippen LogP contribution >= 0.6 is 12.2 Å². The van der Waals surface area contributed by atoms with Gasteiger partial charge in [-0.25, -0.2) is 4.98 Å². The summed E-state index contributed by atoms with van der Waals surface area (Å²) in [6, 6.07) is 7.76. The molecule has 0 aliphatic carbocycles. The summed E-state index contributed by atoms with van der Waals surface area (Å²) in [6.45, 7) is 6.45. The molecule has 0 aliphatic heterocycles. The largest absolute Gasteiger partial charge is 0.494 e. The standard InChI is InChI=1S/C16H22N4OS/c1-3-21-15-7-5-14(6-8-15)19-16(22)18-9-4-10-20-12-17-11-13(20)2/h5-8,11-12H,3-4,9-10H2,1-2H3,(H2,18,19,22). The minimum absolute atomic E-state index is 0.631. The summed E-state index contributed by atoms with van der Waals surface area (Å²) in [5.41, 5.74) is 2.13. The lowest BCUT2D eigenvalue weighted by Gasteiger charge is -2.11. The van der Waals surface area contributed by atoms with E-state index in [2.05, 4.69) is 27.1 Å². The molecule has 0 atom stereocenters. The van der Waals surface area contributed by atoms with Gasteiger partial charge in [-0.05, 0) is 56.8 Å². The van der Waals surface area contributed by atoms with Crippen LogP contribution in [0.15, 0.2) is 36.8 Å². The molecule has 2 rings (SSSR count). The second-order valence-corrected chi connectivity index (χ2v) is 5.33. The van der Waals surface area contributed by atoms with Gasteiger partial charge < -0.3 is 19.9 Å². The number of benzene rings is 1. The minimum Gasteiger partial charge on any atom is -0.494 e. The second-order valence-electron chi connectivity index (χ2n) is 4.92. The van der Waals surface area contributed by atoms with Crippen LogP contribution in [-0.2, 0) is 6.54 Å². The van der Waals surface area contributed by atoms with Crippen LogP contribution in [-0.4, -0.2) is 27.8 Å². The van der Waals surface area contributed by atoms with Gasteiger partial charge in [-0.1, -0.05) is 0 Å². The molecule has 1 heterocycles. The van der Waals surface area contributed by atoms with Crippen molar-refractivity contribution in [3.8, 4) is 5.75 Å². The zero-order valence-corrected chi connectivity index (χ0v) is 13.8. The van der Waals surface area contributed by atoms with Crippen LogP contribution in [0.4, 0.5) is 5.69 Å². The van der Waals surface area contributed by atoms with E-state index < -0.39 is 0 Å². The third-order valence-corrected chi connectivity index (χ3v) is 3.45. The Bertz CT molecular complexity index is 594. The van der Waals surface area contributed by atoms with E-state index in [0.717, 1.165) is 30.9 Å². The number of anilines is 1. The van der Waals surface area contributed by atoms with Crippen LogP contribution in [0.5, 0.6) is 5.75 Å². The molecule has 2 N–H and O–H groups in total. The van der Waals surface area contributed by atoms with Gasteiger partial charge in [0.2, 0.25) is 0 Å². The second kappa shape index (κ2) is 8.38. The highest BCUT2D eigenvalue weighted by Gasteiger charge is 1.99. The van der Waals surface area contributed by atoms with Crippen LogP contribution < -0.4 is 15.4 Å². The van der Waals surface area contributed by atoms with Crippen molar-refractivity contribution in [3.05, 3.63) is 42.5 Å². The summed E-state index contributed by atoms with van der Waals surface area (Å²) in [5.74, 6) is 0.864. The molecule has 1 aromatic carbocycles. The average Bonchev–Trinajstić information content (AvgIpc) is 2.91. The van der Waals surface area contributed by atoms with E-state index in [1.807, 2.05) is 43.7 Å². The smallest absolute Gasteiger partial charge is 0.170 e. The van der Waals surface area contributed by atoms with Crippen LogP contribution in [0.1, 0.15) is 19.0 Å².